The molecular formula is C42H64F2N6O9S. The molecule has 2 aromatic rings. The number of hydrogen-bond acceptors (Lipinski definition) is 11. The molecule has 15 nitrogen and oxygen atoms in total. The maximum absolute atomic E-state index is 14.3. The van der Waals surface area contributed by atoms with Crippen LogP contribution in [0, 0.1) is 35.5 Å². The summed E-state index contributed by atoms with van der Waals surface area (Å²) in [5.74, 6) is -2.72. The van der Waals surface area contributed by atoms with Crippen molar-refractivity contribution < 1.29 is 54.9 Å². The molecule has 60 heavy (non-hydrogen) atoms. The number of carbonyl (C=O) groups is 4. The zero-order chi connectivity index (χ0) is 43.1. The van der Waals surface area contributed by atoms with E-state index in [2.05, 4.69) is 31.4 Å². The van der Waals surface area contributed by atoms with E-state index in [-0.39, 0.29) is 34.6 Å². The number of aryl methyl sites for hydroxylation is 1. The molecule has 18 heteroatoms. The Morgan fingerprint density at radius 1 is 1.02 bits per heavy atom. The lowest BCUT2D eigenvalue weighted by Crippen LogP contribution is -2.58. The molecule has 336 valence electrons. The molecule has 3 heterocycles. The number of alkyl halides is 2. The van der Waals surface area contributed by atoms with Gasteiger partial charge in [-0.25, -0.2) is 32.0 Å². The molecule has 5 fully saturated rings. The average Bonchev–Trinajstić information content (AvgIpc) is 4.07. The number of alkyl carbamates (subject to hydrolysis) is 1. The third kappa shape index (κ3) is 9.27. The highest BCUT2D eigenvalue weighted by Gasteiger charge is 2.67. The number of ether oxygens (including phenoxy) is 3. The van der Waals surface area contributed by atoms with Gasteiger partial charge >= 0.3 is 6.09 Å². The Morgan fingerprint density at radius 3 is 2.43 bits per heavy atom. The first-order valence-corrected chi connectivity index (χ1v) is 23.0. The summed E-state index contributed by atoms with van der Waals surface area (Å²) in [4.78, 5) is 65.7. The van der Waals surface area contributed by atoms with Crippen molar-refractivity contribution in [1.29, 1.82) is 0 Å². The van der Waals surface area contributed by atoms with E-state index in [1.165, 1.54) is 12.0 Å². The van der Waals surface area contributed by atoms with Crippen molar-refractivity contribution in [1.82, 2.24) is 30.2 Å². The first-order chi connectivity index (χ1) is 28.5. The third-order valence-corrected chi connectivity index (χ3v) is 14.7. The zero-order valence-corrected chi connectivity index (χ0v) is 35.8. The standard InChI is InChI=1S/C38H48F2N6O9S.C4H10.3H2/c1-19-29-18-46(31(19)34(48)44-38(16-25(38)33(39)40)36(49)45-56(51,52)23-11-12-23)30(47)17-41-37(50)55-32-21-9-8-20(14-21)24(32)6-4-3-5-7-27-35(54-29)43-28-15-22(53-2)10-13-26(28)42-27;1-4(2)3;;;/h10,13,15,19-21,23-25,29,31-33H,3-9,11-12,14,16-18H2,1-2H3,(H,41,50)(H,44,48)(H,45,49);4H,1-3H3;3*1H/t19-,20-,21+,24-,25+,29+,31+,32-,38-;;;;/m1..../s1. The quantitative estimate of drug-likeness (QED) is 0.312. The van der Waals surface area contributed by atoms with Crippen molar-refractivity contribution in [2.45, 2.75) is 134 Å². The number of nitrogens with zero attached hydrogens (tertiary/aromatic N) is 3. The first-order valence-electron chi connectivity index (χ1n) is 21.4. The molecule has 2 aliphatic heterocycles. The van der Waals surface area contributed by atoms with Crippen LogP contribution in [0.15, 0.2) is 18.2 Å². The summed E-state index contributed by atoms with van der Waals surface area (Å²) in [6, 6.07) is 3.96. The van der Waals surface area contributed by atoms with Gasteiger partial charge in [-0.15, -0.1) is 0 Å². The van der Waals surface area contributed by atoms with Gasteiger partial charge in [-0.05, 0) is 93.6 Å². The number of halogens is 2. The highest BCUT2D eigenvalue weighted by atomic mass is 32.2. The number of aromatic nitrogens is 2. The number of hydrogen-bond donors (Lipinski definition) is 3. The van der Waals surface area contributed by atoms with Crippen molar-refractivity contribution >= 4 is 44.9 Å². The van der Waals surface area contributed by atoms with E-state index in [1.807, 2.05) is 10.8 Å². The van der Waals surface area contributed by atoms with Gasteiger partial charge in [-0.3, -0.25) is 19.1 Å². The monoisotopic (exact) mass is 866 g/mol. The summed E-state index contributed by atoms with van der Waals surface area (Å²) >= 11 is 0. The van der Waals surface area contributed by atoms with Crippen LogP contribution in [0.3, 0.4) is 0 Å². The van der Waals surface area contributed by atoms with Crippen LogP contribution >= 0.6 is 0 Å². The molecule has 0 unspecified atom stereocenters. The molecular weight excluding hydrogens is 803 g/mol. The first kappa shape index (κ1) is 43.7. The van der Waals surface area contributed by atoms with E-state index in [9.17, 15) is 36.4 Å². The van der Waals surface area contributed by atoms with Crippen LogP contribution in [-0.4, -0.2) is 103 Å². The minimum absolute atomic E-state index is 0. The fourth-order valence-corrected chi connectivity index (χ4v) is 10.9. The van der Waals surface area contributed by atoms with Gasteiger partial charge in [0.25, 0.3) is 5.91 Å². The molecule has 4 aliphatic carbocycles. The average molecular weight is 867 g/mol. The Labute approximate surface area is 354 Å². The van der Waals surface area contributed by atoms with E-state index in [4.69, 9.17) is 24.2 Å². The second-order valence-corrected chi connectivity index (χ2v) is 20.1. The van der Waals surface area contributed by atoms with Crippen molar-refractivity contribution in [2.24, 2.45) is 35.5 Å². The van der Waals surface area contributed by atoms with Gasteiger partial charge < -0.3 is 29.7 Å². The van der Waals surface area contributed by atoms with Crippen LogP contribution in [0.5, 0.6) is 11.6 Å². The maximum atomic E-state index is 14.3. The maximum Gasteiger partial charge on any atom is 0.407 e. The molecule has 0 spiro atoms. The van der Waals surface area contributed by atoms with Crippen LogP contribution in [0.4, 0.5) is 13.6 Å². The molecule has 4 saturated carbocycles. The van der Waals surface area contributed by atoms with E-state index >= 15 is 0 Å². The Bertz CT molecular complexity index is 2090. The molecule has 9 atom stereocenters. The van der Waals surface area contributed by atoms with Crippen LogP contribution in [0.1, 0.15) is 102 Å². The van der Waals surface area contributed by atoms with Crippen LogP contribution < -0.4 is 24.8 Å². The van der Waals surface area contributed by atoms with Gasteiger partial charge in [0.15, 0.2) is 0 Å². The molecule has 6 aliphatic rings. The summed E-state index contributed by atoms with van der Waals surface area (Å²) in [5.41, 5.74) is -0.474. The van der Waals surface area contributed by atoms with Crippen molar-refractivity contribution in [3.05, 3.63) is 23.9 Å². The topological polar surface area (TPSA) is 195 Å². The molecule has 8 rings (SSSR count). The van der Waals surface area contributed by atoms with Crippen molar-refractivity contribution in [2.75, 3.05) is 20.2 Å². The molecule has 1 aromatic carbocycles. The number of sulfonamides is 1. The van der Waals surface area contributed by atoms with E-state index in [0.29, 0.717) is 47.7 Å². The smallest absolute Gasteiger partial charge is 0.407 e. The molecule has 4 amide bonds. The van der Waals surface area contributed by atoms with Crippen LogP contribution in [0.2, 0.25) is 0 Å². The number of carbonyl (C=O) groups excluding carboxylic acids is 4. The number of methoxy groups -OCH3 is 1. The highest BCUT2D eigenvalue weighted by Crippen LogP contribution is 2.52. The van der Waals surface area contributed by atoms with Gasteiger partial charge in [-0.2, -0.15) is 0 Å². The molecule has 1 aromatic heterocycles. The Kier molecular flexibility index (Phi) is 12.8. The molecule has 3 N–H and O–H groups in total. The lowest BCUT2D eigenvalue weighted by atomic mass is 9.82. The predicted octanol–water partition coefficient (Wildman–Crippen LogP) is 5.64. The van der Waals surface area contributed by atoms with Crippen molar-refractivity contribution in [3.63, 3.8) is 0 Å². The van der Waals surface area contributed by atoms with Crippen LogP contribution in [0.25, 0.3) is 11.0 Å². The summed E-state index contributed by atoms with van der Waals surface area (Å²) in [7, 11) is -2.59. The van der Waals surface area contributed by atoms with Gasteiger partial charge in [0.2, 0.25) is 34.1 Å². The summed E-state index contributed by atoms with van der Waals surface area (Å²) in [6.07, 6.45) is 2.42. The Hall–Kier alpha value is -4.35. The Morgan fingerprint density at radius 2 is 1.75 bits per heavy atom. The lowest BCUT2D eigenvalue weighted by Gasteiger charge is -2.31. The number of benzene rings is 1. The van der Waals surface area contributed by atoms with E-state index < -0.39 is 88.0 Å². The fourth-order valence-electron chi connectivity index (χ4n) is 9.56. The fraction of sp³-hybridized carbons (Fsp3) is 0.714. The number of fused-ring (bicyclic) bond motifs is 9. The summed E-state index contributed by atoms with van der Waals surface area (Å²) in [6.45, 7) is 7.47. The largest absolute Gasteiger partial charge is 0.497 e. The summed E-state index contributed by atoms with van der Waals surface area (Å²) < 4.78 is 73.4. The van der Waals surface area contributed by atoms with E-state index in [1.54, 1.807) is 19.1 Å². The Balaban J connectivity index is 0.00000119. The van der Waals surface area contributed by atoms with Gasteiger partial charge in [0.1, 0.15) is 41.8 Å². The van der Waals surface area contributed by atoms with Gasteiger partial charge in [0, 0.05) is 16.3 Å². The third-order valence-electron chi connectivity index (χ3n) is 12.9. The second kappa shape index (κ2) is 17.6. The van der Waals surface area contributed by atoms with Crippen LogP contribution in [-0.2, 0) is 35.6 Å². The van der Waals surface area contributed by atoms with E-state index in [0.717, 1.165) is 50.9 Å². The number of amides is 4. The molecule has 1 saturated heterocycles. The van der Waals surface area contributed by atoms with Crippen molar-refractivity contribution in [3.8, 4) is 11.6 Å². The SMILES string of the molecule is CC(C)C.COc1ccc2nc3c(nc2c1)O[C@H]1CN(C(=O)CNC(=O)O[C@@H]2[C@H]4CC[C@H](C4)[C@H]2CCCCC3)[C@H](C(=O)N[C@]2(C(=O)NS(=O)(=O)C3CC3)C[C@H]2C(F)F)[C@@H]1C.[HH].[HH].[HH]. The molecule has 4 bridgehead atoms. The minimum atomic E-state index is -4.12. The summed E-state index contributed by atoms with van der Waals surface area (Å²) in [5, 5.41) is 4.20. The minimum Gasteiger partial charge on any atom is -0.497 e. The molecule has 0 radical (unpaired) electrons. The van der Waals surface area contributed by atoms with Gasteiger partial charge in [0.05, 0.1) is 35.9 Å². The lowest BCUT2D eigenvalue weighted by molar-refractivity contribution is -0.140. The highest BCUT2D eigenvalue weighted by molar-refractivity contribution is 7.91. The number of nitrogens with one attached hydrogen (secondary N) is 3. The number of rotatable bonds is 7. The zero-order valence-electron chi connectivity index (χ0n) is 35.0. The predicted molar refractivity (Wildman–Crippen MR) is 222 cm³/mol. The normalized spacial score (nSPS) is 31.7. The van der Waals surface area contributed by atoms with Gasteiger partial charge in [-0.1, -0.05) is 40.5 Å². The second-order valence-electron chi connectivity index (χ2n) is 18.2.